The summed E-state index contributed by atoms with van der Waals surface area (Å²) in [6.07, 6.45) is 6.93. The van der Waals surface area contributed by atoms with Crippen LogP contribution in [-0.2, 0) is 65.4 Å². The first-order chi connectivity index (χ1) is 49.2. The molecule has 0 saturated heterocycles. The van der Waals surface area contributed by atoms with Crippen molar-refractivity contribution in [1.29, 1.82) is 0 Å². The summed E-state index contributed by atoms with van der Waals surface area (Å²) in [6.45, 7) is 28.0. The maximum atomic E-state index is 11.7. The van der Waals surface area contributed by atoms with E-state index in [-0.39, 0.29) is 93.1 Å². The molecule has 6 aromatic carbocycles. The number of fused-ring (bicyclic) bond motifs is 6. The Kier molecular flexibility index (Phi) is 26.5. The summed E-state index contributed by atoms with van der Waals surface area (Å²) in [5.74, 6) is -1.14. The normalized spacial score (nSPS) is 11.2. The molecule has 8 aromatic heterocycles. The molecule has 0 amide bonds. The van der Waals surface area contributed by atoms with Gasteiger partial charge in [-0.3, -0.25) is 29.5 Å². The molecule has 0 spiro atoms. The monoisotopic (exact) mass is 1540 g/mol. The number of nitrogens with zero attached hydrogens (tertiary/aromatic N) is 8. The van der Waals surface area contributed by atoms with Crippen molar-refractivity contribution in [3.05, 3.63) is 241 Å². The number of rotatable bonds is 8. The van der Waals surface area contributed by atoms with Crippen LogP contribution < -0.4 is 0 Å². The van der Waals surface area contributed by atoms with E-state index >= 15 is 0 Å². The van der Waals surface area contributed by atoms with E-state index in [0.29, 0.717) is 112 Å². The smallest absolute Gasteiger partial charge is 0.300 e. The zero-order valence-corrected chi connectivity index (χ0v) is 63.8. The third-order valence-electron chi connectivity index (χ3n) is 17.8. The Morgan fingerprint density at radius 3 is 0.593 bits per heavy atom. The van der Waals surface area contributed by atoms with Crippen molar-refractivity contribution in [3.8, 4) is 113 Å². The molecule has 0 atom stereocenters. The van der Waals surface area contributed by atoms with Gasteiger partial charge in [0, 0.05) is 140 Å². The topological polar surface area (TPSA) is 290 Å². The maximum absolute atomic E-state index is 11.7. The summed E-state index contributed by atoms with van der Waals surface area (Å²) in [5, 5.41) is 65.2. The molecule has 2 radical (unpaired) electrons. The van der Waals surface area contributed by atoms with Gasteiger partial charge >= 0.3 is 0 Å². The Morgan fingerprint density at radius 1 is 0.287 bits per heavy atom. The Labute approximate surface area is 652 Å². The number of hydrogen-bond acceptors (Lipinski definition) is 14. The summed E-state index contributed by atoms with van der Waals surface area (Å²) in [6, 6.07) is 62.9. The van der Waals surface area contributed by atoms with Crippen LogP contribution in [0, 0.1) is 0 Å². The van der Waals surface area contributed by atoms with Gasteiger partial charge in [-0.25, -0.2) is 19.9 Å². The van der Waals surface area contributed by atoms with Crippen LogP contribution in [0.3, 0.4) is 0 Å². The van der Waals surface area contributed by atoms with Gasteiger partial charge in [0.25, 0.3) is 11.9 Å². The van der Waals surface area contributed by atoms with Crippen molar-refractivity contribution in [1.82, 2.24) is 39.9 Å². The minimum Gasteiger partial charge on any atom is -0.507 e. The fourth-order valence-electron chi connectivity index (χ4n) is 12.1. The van der Waals surface area contributed by atoms with E-state index in [2.05, 4.69) is 103 Å². The molecule has 0 aliphatic carbocycles. The van der Waals surface area contributed by atoms with Crippen LogP contribution in [0.2, 0.25) is 0 Å². The maximum Gasteiger partial charge on any atom is 0.300 e. The average molecular weight is 1540 g/mol. The van der Waals surface area contributed by atoms with Crippen molar-refractivity contribution in [2.24, 2.45) is 0 Å². The van der Waals surface area contributed by atoms with Crippen LogP contribution in [0.15, 0.2) is 219 Å². The Balaban J connectivity index is 0.000000298. The predicted octanol–water partition coefficient (Wildman–Crippen LogP) is 20.7. The van der Waals surface area contributed by atoms with Crippen molar-refractivity contribution >= 4 is 55.6 Å². The number of benzene rings is 6. The molecule has 0 unspecified atom stereocenters. The Morgan fingerprint density at radius 2 is 0.444 bits per heavy atom. The molecule has 8 N–H and O–H groups in total. The number of phenolic OH excluding ortho intramolecular Hbond substituents is 4. The van der Waals surface area contributed by atoms with E-state index < -0.39 is 11.9 Å². The first-order valence-corrected chi connectivity index (χ1v) is 34.2. The summed E-state index contributed by atoms with van der Waals surface area (Å²) in [7, 11) is 0. The van der Waals surface area contributed by atoms with Crippen LogP contribution in [0.1, 0.15) is 128 Å². The van der Waals surface area contributed by atoms with Gasteiger partial charge in [-0.1, -0.05) is 163 Å². The first kappa shape index (κ1) is 84.0. The number of hydrogen-bond donors (Lipinski definition) is 6. The molecular formula is C89H92Cu2N8O9. The number of carbonyl (C=O) groups is 2. The average Bonchev–Trinajstić information content (AvgIpc) is 0.760. The predicted molar refractivity (Wildman–Crippen MR) is 429 cm³/mol. The SMILES string of the molecule is C.CC(=O)O.CC(=O)O.CC(C)(C)c1cc(-c2ccccn2)c(O)c(-c2ccc3ccc4ccc(-c5cc(C(C)(C)C)cc(-c6ccccn6)c5O)nc4c3n2)c1.CC(C)(C)c1cc(-c2ccccn2)c(O)c(-c2ccc3ccc4ccc(-c5cc(C(C)(C)C)cc(-c6ccccn6)c5O)nc4c3n2)c1.O.[Cu].[Cu].[HH]. The molecular weight excluding hydrogens is 1450 g/mol. The van der Waals surface area contributed by atoms with Gasteiger partial charge in [0.05, 0.1) is 67.6 Å². The number of carboxylic acids is 2. The fourth-order valence-corrected chi connectivity index (χ4v) is 12.1. The molecule has 0 fully saturated rings. The summed E-state index contributed by atoms with van der Waals surface area (Å²) in [5.41, 5.74) is 16.9. The van der Waals surface area contributed by atoms with Gasteiger partial charge in [-0.05, 0) is 165 Å². The van der Waals surface area contributed by atoms with Gasteiger partial charge in [0.2, 0.25) is 0 Å². The van der Waals surface area contributed by atoms with E-state index in [1.54, 1.807) is 24.8 Å². The van der Waals surface area contributed by atoms with Crippen molar-refractivity contribution in [2.75, 3.05) is 0 Å². The van der Waals surface area contributed by atoms with Gasteiger partial charge < -0.3 is 36.1 Å². The van der Waals surface area contributed by atoms with Crippen LogP contribution in [0.25, 0.3) is 134 Å². The second-order valence-electron chi connectivity index (χ2n) is 29.8. The molecule has 0 bridgehead atoms. The Bertz CT molecular complexity index is 4890. The molecule has 14 aromatic rings. The number of phenols is 4. The van der Waals surface area contributed by atoms with Crippen molar-refractivity contribution < 1.29 is 81.3 Å². The second kappa shape index (κ2) is 34.1. The molecule has 0 aliphatic heterocycles. The minimum absolute atomic E-state index is 0. The van der Waals surface area contributed by atoms with Crippen LogP contribution >= 0.6 is 0 Å². The summed E-state index contributed by atoms with van der Waals surface area (Å²) >= 11 is 0. The molecule has 108 heavy (non-hydrogen) atoms. The first-order valence-electron chi connectivity index (χ1n) is 34.2. The number of aromatic nitrogens is 8. The van der Waals surface area contributed by atoms with Crippen LogP contribution in [0.4, 0.5) is 0 Å². The fraction of sp³-hybridized carbons (Fsp3) is 0.213. The number of pyridine rings is 8. The molecule has 19 heteroatoms. The summed E-state index contributed by atoms with van der Waals surface area (Å²) < 4.78 is 0. The van der Waals surface area contributed by atoms with E-state index in [4.69, 9.17) is 39.7 Å². The van der Waals surface area contributed by atoms with Gasteiger partial charge in [0.1, 0.15) is 23.0 Å². The van der Waals surface area contributed by atoms with E-state index in [0.717, 1.165) is 57.6 Å². The zero-order chi connectivity index (χ0) is 74.7. The largest absolute Gasteiger partial charge is 0.507 e. The van der Waals surface area contributed by atoms with E-state index in [1.807, 2.05) is 194 Å². The molecule has 17 nitrogen and oxygen atoms in total. The third-order valence-corrected chi connectivity index (χ3v) is 17.8. The Hall–Kier alpha value is -11.3. The van der Waals surface area contributed by atoms with Gasteiger partial charge in [-0.15, -0.1) is 0 Å². The van der Waals surface area contributed by atoms with Crippen LogP contribution in [0.5, 0.6) is 23.0 Å². The van der Waals surface area contributed by atoms with Crippen LogP contribution in [-0.4, -0.2) is 87.9 Å². The molecule has 14 rings (SSSR count). The molecule has 8 heterocycles. The molecule has 0 aliphatic rings. The van der Waals surface area contributed by atoms with E-state index in [1.165, 1.54) is 0 Å². The standard InChI is InChI=1S/2C42H38N4O2.2C2H4O2.CH4.2Cu.H2O.H2/c2*1-41(2,3)27-21-29(33-11-7-9-19-43-33)39(47)31(23-27)35-17-15-25-13-14-26-16-18-36(46-38(26)37(25)45-35)32-24-28(42(4,5)6)22-30(40(32)48)34-12-8-10-20-44-34;2*1-2(3)4;;;;;/h2*7-24,47-48H,1-6H3;2*1H3,(H,3,4);1H4;;;1H2;1H. The van der Waals surface area contributed by atoms with Crippen molar-refractivity contribution in [3.63, 3.8) is 0 Å². The zero-order valence-electron chi connectivity index (χ0n) is 62.0. The third kappa shape index (κ3) is 18.7. The minimum atomic E-state index is -0.833. The molecule has 0 saturated carbocycles. The quantitative estimate of drug-likeness (QED) is 0.0609. The summed E-state index contributed by atoms with van der Waals surface area (Å²) in [4.78, 5) is 56.8. The number of carboxylic acid groups (broad SMARTS) is 2. The van der Waals surface area contributed by atoms with Gasteiger partial charge in [-0.2, -0.15) is 0 Å². The van der Waals surface area contributed by atoms with Crippen molar-refractivity contribution in [2.45, 2.75) is 126 Å². The molecule has 564 valence electrons. The second-order valence-corrected chi connectivity index (χ2v) is 29.8. The van der Waals surface area contributed by atoms with E-state index in [9.17, 15) is 20.4 Å². The number of aromatic hydroxyl groups is 4. The van der Waals surface area contributed by atoms with Gasteiger partial charge in [0.15, 0.2) is 0 Å². The number of aliphatic carboxylic acids is 2.